The van der Waals surface area contributed by atoms with Gasteiger partial charge in [-0.1, -0.05) is 49.2 Å². The average molecular weight is 263 g/mol. The van der Waals surface area contributed by atoms with Gasteiger partial charge in [-0.2, -0.15) is 0 Å². The molecule has 0 aromatic carbocycles. The first-order chi connectivity index (χ1) is 7.14. The zero-order valence-electron chi connectivity index (χ0n) is 9.21. The van der Waals surface area contributed by atoms with Gasteiger partial charge in [0.15, 0.2) is 4.33 Å². The average Bonchev–Trinajstić information content (AvgIpc) is 2.09. The van der Waals surface area contributed by atoms with E-state index in [0.29, 0.717) is 0 Å². The summed E-state index contributed by atoms with van der Waals surface area (Å²) in [6.07, 6.45) is 4.89. The first-order valence-electron chi connectivity index (χ1n) is 4.68. The zero-order chi connectivity index (χ0) is 12.6. The molecule has 0 heterocycles. The van der Waals surface area contributed by atoms with Crippen molar-refractivity contribution in [2.45, 2.75) is 25.1 Å². The number of alkyl halides is 2. The molecule has 0 aromatic heterocycles. The monoisotopic (exact) mass is 262 g/mol. The van der Waals surface area contributed by atoms with E-state index < -0.39 is 16.3 Å². The molecular formula is C11H12Cl2O3. The van der Waals surface area contributed by atoms with Crippen LogP contribution in [0.1, 0.15) is 20.8 Å². The van der Waals surface area contributed by atoms with Gasteiger partial charge < -0.3 is 4.74 Å². The maximum Gasteiger partial charge on any atom is 0.344 e. The van der Waals surface area contributed by atoms with Gasteiger partial charge in [-0.05, 0) is 6.08 Å². The third kappa shape index (κ3) is 3.09. The van der Waals surface area contributed by atoms with E-state index in [1.54, 1.807) is 12.2 Å². The molecule has 88 valence electrons. The van der Waals surface area contributed by atoms with Crippen molar-refractivity contribution in [3.63, 3.8) is 0 Å². The molecule has 0 aliphatic heterocycles. The highest BCUT2D eigenvalue weighted by molar-refractivity contribution is 6.53. The first kappa shape index (κ1) is 13.3. The lowest BCUT2D eigenvalue weighted by atomic mass is 9.85. The lowest BCUT2D eigenvalue weighted by Gasteiger charge is -2.28. The molecule has 0 saturated carbocycles. The Bertz CT molecular complexity index is 392. The van der Waals surface area contributed by atoms with Crippen LogP contribution in [0.2, 0.25) is 0 Å². The van der Waals surface area contributed by atoms with Crippen molar-refractivity contribution in [3.05, 3.63) is 23.8 Å². The highest BCUT2D eigenvalue weighted by Crippen LogP contribution is 2.40. The minimum absolute atomic E-state index is 0.0681. The van der Waals surface area contributed by atoms with Crippen molar-refractivity contribution in [1.82, 2.24) is 0 Å². The van der Waals surface area contributed by atoms with Gasteiger partial charge in [0.25, 0.3) is 0 Å². The van der Waals surface area contributed by atoms with Gasteiger partial charge in [-0.15, -0.1) is 0 Å². The van der Waals surface area contributed by atoms with E-state index in [0.717, 1.165) is 6.92 Å². The van der Waals surface area contributed by atoms with Crippen molar-refractivity contribution < 1.29 is 14.3 Å². The smallest absolute Gasteiger partial charge is 0.344 e. The second kappa shape index (κ2) is 4.22. The molecule has 0 unspecified atom stereocenters. The molecule has 0 aromatic rings. The van der Waals surface area contributed by atoms with E-state index in [4.69, 9.17) is 23.2 Å². The largest absolute Gasteiger partial charge is 0.390 e. The van der Waals surface area contributed by atoms with Crippen molar-refractivity contribution in [3.8, 4) is 0 Å². The lowest BCUT2D eigenvalue weighted by molar-refractivity contribution is -0.155. The summed E-state index contributed by atoms with van der Waals surface area (Å²) >= 11 is 11.9. The van der Waals surface area contributed by atoms with Gasteiger partial charge in [0.05, 0.1) is 5.57 Å². The normalized spacial score (nSPS) is 21.2. The maximum atomic E-state index is 11.6. The molecular weight excluding hydrogens is 251 g/mol. The molecule has 0 atom stereocenters. The number of carbonyl (C=O) groups is 2. The second-order valence-corrected chi connectivity index (χ2v) is 5.60. The SMILES string of the molecule is CC(=O)OC(=O)C1=CC(C)(C)C=CC1(Cl)Cl. The Balaban J connectivity index is 3.04. The summed E-state index contributed by atoms with van der Waals surface area (Å²) in [5, 5.41) is 0. The highest BCUT2D eigenvalue weighted by Gasteiger charge is 2.38. The Morgan fingerprint density at radius 2 is 1.81 bits per heavy atom. The van der Waals surface area contributed by atoms with Gasteiger partial charge in [0, 0.05) is 12.3 Å². The van der Waals surface area contributed by atoms with Crippen LogP contribution in [0.5, 0.6) is 0 Å². The number of allylic oxidation sites excluding steroid dienone is 3. The Hall–Kier alpha value is -0.800. The van der Waals surface area contributed by atoms with Crippen LogP contribution in [0.15, 0.2) is 23.8 Å². The number of carbonyl (C=O) groups excluding carboxylic acids is 2. The molecule has 1 aliphatic rings. The predicted molar refractivity (Wildman–Crippen MR) is 62.2 cm³/mol. The summed E-state index contributed by atoms with van der Waals surface area (Å²) < 4.78 is 3.03. The zero-order valence-corrected chi connectivity index (χ0v) is 10.7. The standard InChI is InChI=1S/C11H12Cl2O3/c1-7(14)16-9(15)8-6-10(2,3)4-5-11(8,12)13/h4-6H,1-3H3. The summed E-state index contributed by atoms with van der Waals surface area (Å²) in [6, 6.07) is 0. The Kier molecular flexibility index (Phi) is 3.50. The van der Waals surface area contributed by atoms with E-state index in [1.165, 1.54) is 6.08 Å². The lowest BCUT2D eigenvalue weighted by Crippen LogP contribution is -2.29. The van der Waals surface area contributed by atoms with Crippen molar-refractivity contribution in [2.24, 2.45) is 5.41 Å². The fraction of sp³-hybridized carbons (Fsp3) is 0.455. The number of ether oxygens (including phenoxy) is 1. The van der Waals surface area contributed by atoms with E-state index in [-0.39, 0.29) is 11.0 Å². The molecule has 1 rings (SSSR count). The number of hydrogen-bond acceptors (Lipinski definition) is 3. The van der Waals surface area contributed by atoms with Crippen LogP contribution in [-0.2, 0) is 14.3 Å². The molecule has 0 fully saturated rings. The van der Waals surface area contributed by atoms with E-state index >= 15 is 0 Å². The van der Waals surface area contributed by atoms with Gasteiger partial charge in [-0.25, -0.2) is 4.79 Å². The molecule has 1 aliphatic carbocycles. The molecule has 3 nitrogen and oxygen atoms in total. The van der Waals surface area contributed by atoms with E-state index in [2.05, 4.69) is 4.74 Å². The van der Waals surface area contributed by atoms with Crippen molar-refractivity contribution in [1.29, 1.82) is 0 Å². The Labute approximate surface area is 104 Å². The summed E-state index contributed by atoms with van der Waals surface area (Å²) in [5.41, 5.74) is -0.281. The Morgan fingerprint density at radius 1 is 1.25 bits per heavy atom. The van der Waals surface area contributed by atoms with Crippen LogP contribution in [0.25, 0.3) is 0 Å². The molecule has 0 saturated heterocycles. The third-order valence-electron chi connectivity index (χ3n) is 2.05. The summed E-state index contributed by atoms with van der Waals surface area (Å²) in [4.78, 5) is 22.3. The number of esters is 2. The predicted octanol–water partition coefficient (Wildman–Crippen LogP) is 2.77. The summed E-state index contributed by atoms with van der Waals surface area (Å²) in [7, 11) is 0. The second-order valence-electron chi connectivity index (χ2n) is 4.22. The minimum Gasteiger partial charge on any atom is -0.390 e. The molecule has 0 N–H and O–H groups in total. The summed E-state index contributed by atoms with van der Waals surface area (Å²) in [5.74, 6) is -1.50. The van der Waals surface area contributed by atoms with Crippen LogP contribution in [0, 0.1) is 5.41 Å². The van der Waals surface area contributed by atoms with Gasteiger partial charge in [0.2, 0.25) is 0 Å². The van der Waals surface area contributed by atoms with Gasteiger partial charge in [-0.3, -0.25) is 4.79 Å². The number of halogens is 2. The minimum atomic E-state index is -1.44. The van der Waals surface area contributed by atoms with Gasteiger partial charge >= 0.3 is 11.9 Å². The van der Waals surface area contributed by atoms with Crippen molar-refractivity contribution in [2.75, 3.05) is 0 Å². The number of rotatable bonds is 1. The molecule has 0 bridgehead atoms. The van der Waals surface area contributed by atoms with E-state index in [9.17, 15) is 9.59 Å². The van der Waals surface area contributed by atoms with Crippen LogP contribution in [0.3, 0.4) is 0 Å². The third-order valence-corrected chi connectivity index (χ3v) is 2.71. The van der Waals surface area contributed by atoms with Crippen molar-refractivity contribution >= 4 is 35.1 Å². The highest BCUT2D eigenvalue weighted by atomic mass is 35.5. The Morgan fingerprint density at radius 3 is 2.31 bits per heavy atom. The van der Waals surface area contributed by atoms with Gasteiger partial charge in [0.1, 0.15) is 0 Å². The van der Waals surface area contributed by atoms with E-state index in [1.807, 2.05) is 13.8 Å². The molecule has 0 amide bonds. The first-order valence-corrected chi connectivity index (χ1v) is 5.44. The summed E-state index contributed by atoms with van der Waals surface area (Å²) in [6.45, 7) is 4.91. The topological polar surface area (TPSA) is 43.4 Å². The molecule has 5 heteroatoms. The van der Waals surface area contributed by atoms with Crippen LogP contribution >= 0.6 is 23.2 Å². The fourth-order valence-corrected chi connectivity index (χ4v) is 1.70. The molecule has 16 heavy (non-hydrogen) atoms. The van der Waals surface area contributed by atoms with Crippen LogP contribution < -0.4 is 0 Å². The maximum absolute atomic E-state index is 11.6. The quantitative estimate of drug-likeness (QED) is 0.316. The fourth-order valence-electron chi connectivity index (χ4n) is 1.31. The number of hydrogen-bond donors (Lipinski definition) is 0. The van der Waals surface area contributed by atoms with Crippen LogP contribution in [-0.4, -0.2) is 16.3 Å². The van der Waals surface area contributed by atoms with Crippen LogP contribution in [0.4, 0.5) is 0 Å². The molecule has 0 spiro atoms. The molecule has 0 radical (unpaired) electrons.